The zero-order valence-electron chi connectivity index (χ0n) is 17.9. The molecule has 3 aromatic rings. The molecular weight excluding hydrogens is 426 g/mol. The largest absolute Gasteiger partial charge is 0.376 e. The van der Waals surface area contributed by atoms with E-state index in [4.69, 9.17) is 0 Å². The third-order valence-corrected chi connectivity index (χ3v) is 5.88. The van der Waals surface area contributed by atoms with Crippen LogP contribution in [0.4, 0.5) is 11.4 Å². The van der Waals surface area contributed by atoms with Gasteiger partial charge in [-0.2, -0.15) is 0 Å². The fourth-order valence-electron chi connectivity index (χ4n) is 2.98. The molecule has 32 heavy (non-hydrogen) atoms. The summed E-state index contributed by atoms with van der Waals surface area (Å²) >= 11 is 0. The Balaban J connectivity index is 1.57. The van der Waals surface area contributed by atoms with Crippen molar-refractivity contribution in [2.45, 2.75) is 18.4 Å². The standard InChI is InChI=1S/C24H25N3O4S/c1-17-7-9-18(10-8-17)15-26-24(29)21-5-3-4-6-22(21)25-16-23(28)27-19-11-13-20(14-12-19)32(2,30)31/h3-14,25H,15-16H2,1-2H3,(H,26,29)(H,27,28). The topological polar surface area (TPSA) is 104 Å². The van der Waals surface area contributed by atoms with Gasteiger partial charge < -0.3 is 16.0 Å². The quantitative estimate of drug-likeness (QED) is 0.487. The van der Waals surface area contributed by atoms with Gasteiger partial charge in [0.2, 0.25) is 5.91 Å². The Bertz CT molecular complexity index is 1200. The third kappa shape index (κ3) is 6.42. The van der Waals surface area contributed by atoms with Crippen LogP contribution in [0.25, 0.3) is 0 Å². The first kappa shape index (κ1) is 23.0. The van der Waals surface area contributed by atoms with Crippen molar-refractivity contribution in [1.29, 1.82) is 0 Å². The third-order valence-electron chi connectivity index (χ3n) is 4.75. The van der Waals surface area contributed by atoms with Crippen LogP contribution in [0.15, 0.2) is 77.7 Å². The Hall–Kier alpha value is -3.65. The highest BCUT2D eigenvalue weighted by Gasteiger charge is 2.12. The van der Waals surface area contributed by atoms with Crippen molar-refractivity contribution in [3.63, 3.8) is 0 Å². The first-order valence-electron chi connectivity index (χ1n) is 9.99. The van der Waals surface area contributed by atoms with Gasteiger partial charge in [-0.3, -0.25) is 9.59 Å². The molecule has 0 bridgehead atoms. The van der Waals surface area contributed by atoms with Gasteiger partial charge in [0.25, 0.3) is 5.91 Å². The number of anilines is 2. The van der Waals surface area contributed by atoms with E-state index in [1.54, 1.807) is 24.3 Å². The number of sulfone groups is 1. The van der Waals surface area contributed by atoms with Crippen molar-refractivity contribution in [3.8, 4) is 0 Å². The SMILES string of the molecule is Cc1ccc(CNC(=O)c2ccccc2NCC(=O)Nc2ccc(S(C)(=O)=O)cc2)cc1. The summed E-state index contributed by atoms with van der Waals surface area (Å²) in [6, 6.07) is 20.8. The van der Waals surface area contributed by atoms with Crippen molar-refractivity contribution in [2.75, 3.05) is 23.4 Å². The van der Waals surface area contributed by atoms with Crippen LogP contribution in [-0.2, 0) is 21.2 Å². The van der Waals surface area contributed by atoms with E-state index in [0.29, 0.717) is 23.5 Å². The summed E-state index contributed by atoms with van der Waals surface area (Å²) in [5.41, 5.74) is 3.60. The van der Waals surface area contributed by atoms with Crippen molar-refractivity contribution in [2.24, 2.45) is 0 Å². The predicted molar refractivity (Wildman–Crippen MR) is 125 cm³/mol. The van der Waals surface area contributed by atoms with Gasteiger partial charge in [0, 0.05) is 24.2 Å². The number of hydrogen-bond donors (Lipinski definition) is 3. The first-order valence-corrected chi connectivity index (χ1v) is 11.9. The van der Waals surface area contributed by atoms with E-state index in [1.165, 1.54) is 24.3 Å². The highest BCUT2D eigenvalue weighted by atomic mass is 32.2. The zero-order valence-corrected chi connectivity index (χ0v) is 18.7. The molecule has 166 valence electrons. The van der Waals surface area contributed by atoms with E-state index in [1.807, 2.05) is 31.2 Å². The number of amides is 2. The van der Waals surface area contributed by atoms with Crippen molar-refractivity contribution < 1.29 is 18.0 Å². The lowest BCUT2D eigenvalue weighted by Crippen LogP contribution is -2.26. The summed E-state index contributed by atoms with van der Waals surface area (Å²) in [6.45, 7) is 2.35. The molecule has 2 amide bonds. The van der Waals surface area contributed by atoms with Gasteiger partial charge in [-0.15, -0.1) is 0 Å². The van der Waals surface area contributed by atoms with Gasteiger partial charge in [-0.25, -0.2) is 8.42 Å². The molecule has 0 spiro atoms. The zero-order chi connectivity index (χ0) is 23.1. The van der Waals surface area contributed by atoms with Gasteiger partial charge in [-0.05, 0) is 48.9 Å². The highest BCUT2D eigenvalue weighted by Crippen LogP contribution is 2.16. The van der Waals surface area contributed by atoms with Crippen molar-refractivity contribution >= 4 is 33.0 Å². The van der Waals surface area contributed by atoms with Crippen LogP contribution >= 0.6 is 0 Å². The second-order valence-corrected chi connectivity index (χ2v) is 9.43. The summed E-state index contributed by atoms with van der Waals surface area (Å²) in [5, 5.41) is 8.57. The number of carbonyl (C=O) groups excluding carboxylic acids is 2. The number of nitrogens with one attached hydrogen (secondary N) is 3. The molecule has 0 aliphatic carbocycles. The number of benzene rings is 3. The number of rotatable bonds is 8. The summed E-state index contributed by atoms with van der Waals surface area (Å²) in [5.74, 6) is -0.572. The van der Waals surface area contributed by atoms with E-state index >= 15 is 0 Å². The number of aryl methyl sites for hydroxylation is 1. The molecule has 0 aliphatic heterocycles. The minimum Gasteiger partial charge on any atom is -0.376 e. The Morgan fingerprint density at radius 3 is 2.19 bits per heavy atom. The molecule has 3 aromatic carbocycles. The molecule has 0 radical (unpaired) electrons. The lowest BCUT2D eigenvalue weighted by atomic mass is 10.1. The van der Waals surface area contributed by atoms with Gasteiger partial charge in [0.1, 0.15) is 0 Å². The summed E-state index contributed by atoms with van der Waals surface area (Å²) < 4.78 is 23.0. The summed E-state index contributed by atoms with van der Waals surface area (Å²) in [4.78, 5) is 25.1. The average Bonchev–Trinajstić information content (AvgIpc) is 2.77. The molecular formula is C24H25N3O4S. The molecule has 0 saturated heterocycles. The monoisotopic (exact) mass is 451 g/mol. The molecule has 3 rings (SSSR count). The second kappa shape index (κ2) is 10.1. The first-order chi connectivity index (χ1) is 15.2. The van der Waals surface area contributed by atoms with Gasteiger partial charge in [0.05, 0.1) is 17.0 Å². The molecule has 0 unspecified atom stereocenters. The van der Waals surface area contributed by atoms with Crippen LogP contribution in [0, 0.1) is 6.92 Å². The summed E-state index contributed by atoms with van der Waals surface area (Å²) in [6.07, 6.45) is 1.12. The van der Waals surface area contributed by atoms with Gasteiger partial charge >= 0.3 is 0 Å². The predicted octanol–water partition coefficient (Wildman–Crippen LogP) is 3.38. The van der Waals surface area contributed by atoms with Crippen molar-refractivity contribution in [3.05, 3.63) is 89.5 Å². The molecule has 8 heteroatoms. The second-order valence-electron chi connectivity index (χ2n) is 7.41. The average molecular weight is 452 g/mol. The van der Waals surface area contributed by atoms with Crippen LogP contribution in [0.2, 0.25) is 0 Å². The maximum absolute atomic E-state index is 12.7. The molecule has 3 N–H and O–H groups in total. The molecule has 0 aliphatic rings. The fraction of sp³-hybridized carbons (Fsp3) is 0.167. The highest BCUT2D eigenvalue weighted by molar-refractivity contribution is 7.90. The maximum Gasteiger partial charge on any atom is 0.253 e. The summed E-state index contributed by atoms with van der Waals surface area (Å²) in [7, 11) is -3.29. The van der Waals surface area contributed by atoms with E-state index in [2.05, 4.69) is 16.0 Å². The molecule has 0 fully saturated rings. The normalized spacial score (nSPS) is 10.9. The molecule has 7 nitrogen and oxygen atoms in total. The number of carbonyl (C=O) groups is 2. The molecule has 0 heterocycles. The van der Waals surface area contributed by atoms with E-state index in [9.17, 15) is 18.0 Å². The maximum atomic E-state index is 12.7. The lowest BCUT2D eigenvalue weighted by molar-refractivity contribution is -0.114. The van der Waals surface area contributed by atoms with Gasteiger partial charge in [-0.1, -0.05) is 42.0 Å². The smallest absolute Gasteiger partial charge is 0.253 e. The Labute approximate surface area is 187 Å². The number of hydrogen-bond acceptors (Lipinski definition) is 5. The minimum absolute atomic E-state index is 0.0594. The van der Waals surface area contributed by atoms with E-state index < -0.39 is 9.84 Å². The molecule has 0 atom stereocenters. The van der Waals surface area contributed by atoms with Gasteiger partial charge in [0.15, 0.2) is 9.84 Å². The minimum atomic E-state index is -3.29. The van der Waals surface area contributed by atoms with E-state index in [-0.39, 0.29) is 23.3 Å². The van der Waals surface area contributed by atoms with Crippen LogP contribution < -0.4 is 16.0 Å². The van der Waals surface area contributed by atoms with Crippen LogP contribution in [0.5, 0.6) is 0 Å². The van der Waals surface area contributed by atoms with Crippen LogP contribution in [0.3, 0.4) is 0 Å². The fourth-order valence-corrected chi connectivity index (χ4v) is 3.62. The van der Waals surface area contributed by atoms with Crippen LogP contribution in [-0.4, -0.2) is 33.0 Å². The van der Waals surface area contributed by atoms with Crippen molar-refractivity contribution in [1.82, 2.24) is 5.32 Å². The molecule has 0 saturated carbocycles. The Kier molecular flexibility index (Phi) is 7.27. The number of para-hydroxylation sites is 1. The molecule has 0 aromatic heterocycles. The Morgan fingerprint density at radius 2 is 1.53 bits per heavy atom. The lowest BCUT2D eigenvalue weighted by Gasteiger charge is -2.13. The van der Waals surface area contributed by atoms with E-state index in [0.717, 1.165) is 17.4 Å². The van der Waals surface area contributed by atoms with Crippen LogP contribution in [0.1, 0.15) is 21.5 Å². The Morgan fingerprint density at radius 1 is 0.875 bits per heavy atom.